The van der Waals surface area contributed by atoms with Gasteiger partial charge in [0, 0.05) is 7.05 Å². The smallest absolute Gasteiger partial charge is 0.268 e. The summed E-state index contributed by atoms with van der Waals surface area (Å²) >= 11 is 0. The topological polar surface area (TPSA) is 56.3 Å². The first-order valence-corrected chi connectivity index (χ1v) is 6.68. The van der Waals surface area contributed by atoms with Crippen LogP contribution in [0.15, 0.2) is 24.5 Å². The van der Waals surface area contributed by atoms with Gasteiger partial charge in [0.15, 0.2) is 5.82 Å². The highest BCUT2D eigenvalue weighted by Gasteiger charge is 2.15. The van der Waals surface area contributed by atoms with E-state index in [9.17, 15) is 0 Å². The Kier molecular flexibility index (Phi) is 3.41. The molecular formula is C15H17N3O2. The minimum Gasteiger partial charge on any atom is -0.489 e. The molecular weight excluding hydrogens is 254 g/mol. The van der Waals surface area contributed by atoms with Gasteiger partial charge in [-0.15, -0.1) is 0 Å². The highest BCUT2D eigenvalue weighted by molar-refractivity contribution is 5.55. The van der Waals surface area contributed by atoms with Gasteiger partial charge in [-0.05, 0) is 42.5 Å². The van der Waals surface area contributed by atoms with Crippen molar-refractivity contribution in [1.29, 1.82) is 0 Å². The number of methoxy groups -OCH3 is 1. The van der Waals surface area contributed by atoms with E-state index in [2.05, 4.69) is 27.4 Å². The average Bonchev–Trinajstić information content (AvgIpc) is 2.94. The molecule has 0 fully saturated rings. The van der Waals surface area contributed by atoms with Crippen LogP contribution in [0.1, 0.15) is 17.5 Å². The van der Waals surface area contributed by atoms with Crippen LogP contribution in [-0.2, 0) is 12.8 Å². The molecule has 3 rings (SSSR count). The van der Waals surface area contributed by atoms with Crippen LogP contribution in [0, 0.1) is 0 Å². The molecule has 20 heavy (non-hydrogen) atoms. The average molecular weight is 271 g/mol. The molecule has 1 aliphatic carbocycles. The van der Waals surface area contributed by atoms with E-state index in [0.29, 0.717) is 17.4 Å². The lowest BCUT2D eigenvalue weighted by molar-refractivity contribution is 0.369. The first-order chi connectivity index (χ1) is 9.81. The number of anilines is 1. The van der Waals surface area contributed by atoms with Gasteiger partial charge >= 0.3 is 0 Å². The molecule has 5 nitrogen and oxygen atoms in total. The van der Waals surface area contributed by atoms with Crippen LogP contribution < -0.4 is 14.8 Å². The van der Waals surface area contributed by atoms with Crippen molar-refractivity contribution >= 4 is 5.82 Å². The predicted octanol–water partition coefficient (Wildman–Crippen LogP) is 2.81. The van der Waals surface area contributed by atoms with E-state index in [-0.39, 0.29) is 0 Å². The molecule has 104 valence electrons. The quantitative estimate of drug-likeness (QED) is 0.926. The molecule has 0 aliphatic heterocycles. The minimum absolute atomic E-state index is 0.421. The fourth-order valence-corrected chi connectivity index (χ4v) is 2.52. The second-order valence-corrected chi connectivity index (χ2v) is 4.70. The van der Waals surface area contributed by atoms with Crippen LogP contribution in [0.2, 0.25) is 0 Å². The molecule has 1 aromatic carbocycles. The summed E-state index contributed by atoms with van der Waals surface area (Å²) in [5.74, 6) is 2.32. The van der Waals surface area contributed by atoms with Crippen molar-refractivity contribution in [2.45, 2.75) is 19.3 Å². The van der Waals surface area contributed by atoms with Gasteiger partial charge in [-0.3, -0.25) is 0 Å². The highest BCUT2D eigenvalue weighted by atomic mass is 16.5. The number of nitrogens with one attached hydrogen (secondary N) is 1. The maximum absolute atomic E-state index is 5.85. The second-order valence-electron chi connectivity index (χ2n) is 4.70. The van der Waals surface area contributed by atoms with Gasteiger partial charge in [-0.1, -0.05) is 6.07 Å². The van der Waals surface area contributed by atoms with E-state index < -0.39 is 0 Å². The number of rotatable bonds is 4. The summed E-state index contributed by atoms with van der Waals surface area (Å²) in [6, 6.07) is 6.19. The number of aryl methyl sites for hydroxylation is 2. The van der Waals surface area contributed by atoms with Crippen molar-refractivity contribution in [3.05, 3.63) is 35.7 Å². The Balaban J connectivity index is 1.91. The first-order valence-electron chi connectivity index (χ1n) is 6.68. The van der Waals surface area contributed by atoms with Crippen molar-refractivity contribution in [3.8, 4) is 17.4 Å². The lowest BCUT2D eigenvalue weighted by Crippen LogP contribution is -2.01. The molecule has 1 heterocycles. The Morgan fingerprint density at radius 1 is 1.15 bits per heavy atom. The summed E-state index contributed by atoms with van der Waals surface area (Å²) in [6.45, 7) is 0. The summed E-state index contributed by atoms with van der Waals surface area (Å²) in [5, 5.41) is 2.96. The third-order valence-electron chi connectivity index (χ3n) is 3.50. The van der Waals surface area contributed by atoms with Gasteiger partial charge in [0.25, 0.3) is 5.88 Å². The summed E-state index contributed by atoms with van der Waals surface area (Å²) in [7, 11) is 3.36. The molecule has 1 N–H and O–H groups in total. The van der Waals surface area contributed by atoms with Gasteiger partial charge in [0.2, 0.25) is 5.75 Å². The van der Waals surface area contributed by atoms with Crippen LogP contribution in [0.5, 0.6) is 17.4 Å². The Labute approximate surface area is 118 Å². The van der Waals surface area contributed by atoms with Crippen molar-refractivity contribution in [2.24, 2.45) is 0 Å². The Morgan fingerprint density at radius 3 is 2.80 bits per heavy atom. The van der Waals surface area contributed by atoms with E-state index in [0.717, 1.165) is 18.6 Å². The molecule has 0 spiro atoms. The number of hydrogen-bond acceptors (Lipinski definition) is 5. The van der Waals surface area contributed by atoms with Crippen LogP contribution in [0.3, 0.4) is 0 Å². The molecule has 0 bridgehead atoms. The monoisotopic (exact) mass is 271 g/mol. The van der Waals surface area contributed by atoms with E-state index in [4.69, 9.17) is 9.47 Å². The predicted molar refractivity (Wildman–Crippen MR) is 76.7 cm³/mol. The standard InChI is InChI=1S/C15H17N3O2/c1-16-14-13(19-2)15(18-9-17-14)20-12-7-6-10-4-3-5-11(10)8-12/h6-9H,3-5H2,1-2H3,(H,16,17,18). The molecule has 0 unspecified atom stereocenters. The van der Waals surface area contributed by atoms with Crippen molar-refractivity contribution in [1.82, 2.24) is 9.97 Å². The fraction of sp³-hybridized carbons (Fsp3) is 0.333. The van der Waals surface area contributed by atoms with Gasteiger partial charge < -0.3 is 14.8 Å². The minimum atomic E-state index is 0.421. The number of fused-ring (bicyclic) bond motifs is 1. The van der Waals surface area contributed by atoms with Gasteiger partial charge in [0.05, 0.1) is 7.11 Å². The van der Waals surface area contributed by atoms with E-state index >= 15 is 0 Å². The molecule has 1 aromatic heterocycles. The SMILES string of the molecule is CNc1ncnc(Oc2ccc3c(c2)CCC3)c1OC. The molecule has 0 radical (unpaired) electrons. The number of ether oxygens (including phenoxy) is 2. The number of hydrogen-bond donors (Lipinski definition) is 1. The van der Waals surface area contributed by atoms with Gasteiger partial charge in [-0.25, -0.2) is 4.98 Å². The van der Waals surface area contributed by atoms with E-state index in [1.54, 1.807) is 14.2 Å². The molecule has 1 aliphatic rings. The van der Waals surface area contributed by atoms with Crippen LogP contribution in [-0.4, -0.2) is 24.1 Å². The summed E-state index contributed by atoms with van der Waals surface area (Å²) in [6.07, 6.45) is 4.96. The largest absolute Gasteiger partial charge is 0.489 e. The Bertz CT molecular complexity index is 629. The lowest BCUT2D eigenvalue weighted by atomic mass is 10.1. The third-order valence-corrected chi connectivity index (χ3v) is 3.50. The fourth-order valence-electron chi connectivity index (χ4n) is 2.52. The normalized spacial score (nSPS) is 12.9. The number of nitrogens with zero attached hydrogens (tertiary/aromatic N) is 2. The zero-order valence-electron chi connectivity index (χ0n) is 11.6. The zero-order valence-corrected chi connectivity index (χ0v) is 11.6. The Morgan fingerprint density at radius 2 is 2.00 bits per heavy atom. The summed E-state index contributed by atoms with van der Waals surface area (Å²) < 4.78 is 11.2. The van der Waals surface area contributed by atoms with Crippen molar-refractivity contribution in [2.75, 3.05) is 19.5 Å². The lowest BCUT2D eigenvalue weighted by Gasteiger charge is -2.12. The summed E-state index contributed by atoms with van der Waals surface area (Å²) in [4.78, 5) is 8.25. The molecule has 5 heteroatoms. The number of aromatic nitrogens is 2. The summed E-state index contributed by atoms with van der Waals surface area (Å²) in [5.41, 5.74) is 2.78. The second kappa shape index (κ2) is 5.36. The zero-order chi connectivity index (χ0) is 13.9. The molecule has 0 amide bonds. The molecule has 0 saturated heterocycles. The van der Waals surface area contributed by atoms with Crippen LogP contribution in [0.25, 0.3) is 0 Å². The Hall–Kier alpha value is -2.30. The van der Waals surface area contributed by atoms with E-state index in [1.165, 1.54) is 23.9 Å². The first kappa shape index (κ1) is 12.7. The van der Waals surface area contributed by atoms with Gasteiger partial charge in [0.1, 0.15) is 12.1 Å². The highest BCUT2D eigenvalue weighted by Crippen LogP contribution is 2.35. The maximum atomic E-state index is 5.85. The number of benzene rings is 1. The van der Waals surface area contributed by atoms with Crippen LogP contribution in [0.4, 0.5) is 5.82 Å². The van der Waals surface area contributed by atoms with Crippen LogP contribution >= 0.6 is 0 Å². The van der Waals surface area contributed by atoms with Crippen molar-refractivity contribution < 1.29 is 9.47 Å². The van der Waals surface area contributed by atoms with Crippen molar-refractivity contribution in [3.63, 3.8) is 0 Å². The molecule has 0 saturated carbocycles. The molecule has 2 aromatic rings. The maximum Gasteiger partial charge on any atom is 0.268 e. The molecule has 0 atom stereocenters. The van der Waals surface area contributed by atoms with Gasteiger partial charge in [-0.2, -0.15) is 4.98 Å². The van der Waals surface area contributed by atoms with E-state index in [1.807, 2.05) is 6.07 Å². The third kappa shape index (κ3) is 2.27.